The first-order chi connectivity index (χ1) is 10.7. The minimum absolute atomic E-state index is 0.271. The highest BCUT2D eigenvalue weighted by molar-refractivity contribution is 6.34. The number of anilines is 2. The van der Waals surface area contributed by atoms with Crippen LogP contribution in [0.4, 0.5) is 21.9 Å². The lowest BCUT2D eigenvalue weighted by molar-refractivity contribution is -0.116. The summed E-state index contributed by atoms with van der Waals surface area (Å²) in [5.41, 5.74) is 3.03. The van der Waals surface area contributed by atoms with Crippen LogP contribution >= 0.6 is 0 Å². The molecular formula is C17H13N3O2. The van der Waals surface area contributed by atoms with Gasteiger partial charge in [-0.15, -0.1) is 0 Å². The monoisotopic (exact) mass is 291 g/mol. The van der Waals surface area contributed by atoms with Crippen molar-refractivity contribution in [3.8, 4) is 0 Å². The lowest BCUT2D eigenvalue weighted by atomic mass is 10.1. The number of aliphatic imine (C=N–C) groups is 1. The first-order valence-electron chi connectivity index (χ1n) is 7.04. The van der Waals surface area contributed by atoms with Gasteiger partial charge in [-0.2, -0.15) is 0 Å². The van der Waals surface area contributed by atoms with Crippen molar-refractivity contribution >= 4 is 35.2 Å². The van der Waals surface area contributed by atoms with Gasteiger partial charge in [-0.25, -0.2) is 9.69 Å². The van der Waals surface area contributed by atoms with Crippen LogP contribution in [-0.2, 0) is 4.79 Å². The average molecular weight is 291 g/mol. The summed E-state index contributed by atoms with van der Waals surface area (Å²) >= 11 is 0. The number of hydrogen-bond acceptors (Lipinski definition) is 3. The van der Waals surface area contributed by atoms with Gasteiger partial charge >= 0.3 is 6.03 Å². The first kappa shape index (κ1) is 12.8. The van der Waals surface area contributed by atoms with Crippen molar-refractivity contribution in [2.24, 2.45) is 4.99 Å². The van der Waals surface area contributed by atoms with E-state index in [0.29, 0.717) is 17.1 Å². The molecule has 0 spiro atoms. The normalized spacial score (nSPS) is 19.4. The zero-order valence-electron chi connectivity index (χ0n) is 11.9. The molecule has 0 aromatic heterocycles. The molecule has 1 saturated heterocycles. The van der Waals surface area contributed by atoms with E-state index in [1.165, 1.54) is 16.0 Å². The van der Waals surface area contributed by atoms with E-state index < -0.39 is 6.04 Å². The lowest BCUT2D eigenvalue weighted by Gasteiger charge is -2.24. The zero-order chi connectivity index (χ0) is 15.3. The van der Waals surface area contributed by atoms with Crippen molar-refractivity contribution in [2.75, 3.05) is 9.80 Å². The summed E-state index contributed by atoms with van der Waals surface area (Å²) in [6, 6.07) is 13.7. The van der Waals surface area contributed by atoms with Gasteiger partial charge in [0, 0.05) is 6.21 Å². The second-order valence-electron chi connectivity index (χ2n) is 5.37. The number of carbonyl (C=O) groups is 2. The van der Waals surface area contributed by atoms with Gasteiger partial charge in [0.25, 0.3) is 5.91 Å². The Labute approximate surface area is 127 Å². The van der Waals surface area contributed by atoms with Gasteiger partial charge in [0.2, 0.25) is 0 Å². The van der Waals surface area contributed by atoms with E-state index in [9.17, 15) is 9.59 Å². The largest absolute Gasteiger partial charge is 0.337 e. The molecule has 2 aliphatic heterocycles. The number of nitrogens with zero attached hydrogens (tertiary/aromatic N) is 3. The number of urea groups is 1. The second-order valence-corrected chi connectivity index (χ2v) is 5.37. The Morgan fingerprint density at radius 1 is 1.00 bits per heavy atom. The van der Waals surface area contributed by atoms with Crippen molar-refractivity contribution in [2.45, 2.75) is 13.0 Å². The number of fused-ring (bicyclic) bond motifs is 3. The van der Waals surface area contributed by atoms with E-state index >= 15 is 0 Å². The Bertz CT molecular complexity index is 811. The molecule has 4 rings (SSSR count). The van der Waals surface area contributed by atoms with E-state index in [0.717, 1.165) is 5.56 Å². The summed E-state index contributed by atoms with van der Waals surface area (Å²) in [6.07, 6.45) is 1.54. The molecule has 5 heteroatoms. The number of carbonyl (C=O) groups excluding carboxylic acids is 2. The fourth-order valence-corrected chi connectivity index (χ4v) is 2.81. The maximum Gasteiger partial charge on any atom is 0.337 e. The molecule has 0 bridgehead atoms. The minimum Gasteiger partial charge on any atom is -0.274 e. The van der Waals surface area contributed by atoms with Gasteiger partial charge in [0.1, 0.15) is 0 Å². The number of aryl methyl sites for hydroxylation is 1. The van der Waals surface area contributed by atoms with Gasteiger partial charge in [0.15, 0.2) is 6.04 Å². The summed E-state index contributed by atoms with van der Waals surface area (Å²) < 4.78 is 0. The lowest BCUT2D eigenvalue weighted by Crippen LogP contribution is -2.38. The highest BCUT2D eigenvalue weighted by atomic mass is 16.2. The fraction of sp³-hybridized carbons (Fsp3) is 0.118. The third-order valence-electron chi connectivity index (χ3n) is 3.94. The number of hydrogen-bond donors (Lipinski definition) is 0. The molecule has 3 amide bonds. The molecule has 1 atom stereocenters. The molecular weight excluding hydrogens is 278 g/mol. The van der Waals surface area contributed by atoms with E-state index in [4.69, 9.17) is 0 Å². The van der Waals surface area contributed by atoms with Crippen LogP contribution in [0.1, 0.15) is 5.56 Å². The van der Waals surface area contributed by atoms with Gasteiger partial charge in [-0.1, -0.05) is 29.8 Å². The second kappa shape index (κ2) is 4.53. The van der Waals surface area contributed by atoms with Crippen LogP contribution in [0.25, 0.3) is 0 Å². The van der Waals surface area contributed by atoms with Crippen molar-refractivity contribution in [3.05, 3.63) is 54.1 Å². The maximum absolute atomic E-state index is 12.8. The van der Waals surface area contributed by atoms with Crippen LogP contribution < -0.4 is 9.80 Å². The van der Waals surface area contributed by atoms with Gasteiger partial charge in [0.05, 0.1) is 17.1 Å². The van der Waals surface area contributed by atoms with Crippen molar-refractivity contribution in [3.63, 3.8) is 0 Å². The van der Waals surface area contributed by atoms with Crippen LogP contribution in [-0.4, -0.2) is 24.2 Å². The third-order valence-corrected chi connectivity index (χ3v) is 3.94. The number of rotatable bonds is 1. The highest BCUT2D eigenvalue weighted by Gasteiger charge is 2.47. The van der Waals surface area contributed by atoms with Crippen LogP contribution in [0, 0.1) is 6.92 Å². The number of para-hydroxylation sites is 2. The zero-order valence-corrected chi connectivity index (χ0v) is 11.9. The Morgan fingerprint density at radius 3 is 2.50 bits per heavy atom. The maximum atomic E-state index is 12.8. The molecule has 22 heavy (non-hydrogen) atoms. The average Bonchev–Trinajstić information content (AvgIpc) is 2.80. The predicted molar refractivity (Wildman–Crippen MR) is 84.9 cm³/mol. The number of imide groups is 1. The third kappa shape index (κ3) is 1.69. The van der Waals surface area contributed by atoms with Gasteiger partial charge < -0.3 is 0 Å². The first-order valence-corrected chi connectivity index (χ1v) is 7.04. The number of amides is 3. The van der Waals surface area contributed by atoms with E-state index in [1.54, 1.807) is 12.1 Å². The highest BCUT2D eigenvalue weighted by Crippen LogP contribution is 2.38. The molecule has 0 saturated carbocycles. The molecule has 2 aliphatic rings. The van der Waals surface area contributed by atoms with Crippen LogP contribution in [0.5, 0.6) is 0 Å². The standard InChI is InChI=1S/C17H13N3O2/c1-11-6-8-12(9-7-11)19-16(21)15-10-18-13-4-2-3-5-14(13)20(15)17(19)22/h2-10,15H,1H3. The smallest absolute Gasteiger partial charge is 0.274 e. The summed E-state index contributed by atoms with van der Waals surface area (Å²) in [7, 11) is 0. The van der Waals surface area contributed by atoms with Gasteiger partial charge in [-0.3, -0.25) is 14.7 Å². The van der Waals surface area contributed by atoms with Crippen molar-refractivity contribution in [1.82, 2.24) is 0 Å². The Hall–Kier alpha value is -2.95. The van der Waals surface area contributed by atoms with Crippen LogP contribution in [0.15, 0.2) is 53.5 Å². The summed E-state index contributed by atoms with van der Waals surface area (Å²) in [4.78, 5) is 32.4. The SMILES string of the molecule is Cc1ccc(N2C(=O)C3C=Nc4ccccc4N3C2=O)cc1. The molecule has 2 aromatic rings. The Balaban J connectivity index is 1.81. The molecule has 1 unspecified atom stereocenters. The molecule has 0 aliphatic carbocycles. The van der Waals surface area contributed by atoms with Gasteiger partial charge in [-0.05, 0) is 31.2 Å². The van der Waals surface area contributed by atoms with Crippen LogP contribution in [0.3, 0.4) is 0 Å². The molecule has 2 aromatic carbocycles. The molecule has 1 fully saturated rings. The van der Waals surface area contributed by atoms with E-state index in [-0.39, 0.29) is 11.9 Å². The van der Waals surface area contributed by atoms with E-state index in [1.807, 2.05) is 43.3 Å². The fourth-order valence-electron chi connectivity index (χ4n) is 2.81. The van der Waals surface area contributed by atoms with E-state index in [2.05, 4.69) is 4.99 Å². The quantitative estimate of drug-likeness (QED) is 0.758. The van der Waals surface area contributed by atoms with Crippen LogP contribution in [0.2, 0.25) is 0 Å². The van der Waals surface area contributed by atoms with Crippen molar-refractivity contribution in [1.29, 1.82) is 0 Å². The molecule has 0 radical (unpaired) electrons. The summed E-state index contributed by atoms with van der Waals surface area (Å²) in [5.74, 6) is -0.271. The summed E-state index contributed by atoms with van der Waals surface area (Å²) in [5, 5.41) is 0. The molecule has 5 nitrogen and oxygen atoms in total. The predicted octanol–water partition coefficient (Wildman–Crippen LogP) is 3.05. The van der Waals surface area contributed by atoms with Crippen molar-refractivity contribution < 1.29 is 9.59 Å². The number of benzene rings is 2. The molecule has 2 heterocycles. The minimum atomic E-state index is -0.663. The molecule has 0 N–H and O–H groups in total. The Kier molecular flexibility index (Phi) is 2.63. The Morgan fingerprint density at radius 2 is 1.73 bits per heavy atom. The molecule has 108 valence electrons. The summed E-state index contributed by atoms with van der Waals surface area (Å²) in [6.45, 7) is 1.96. The topological polar surface area (TPSA) is 53.0 Å².